The molecule has 1 N–H and O–H groups in total. The molecule has 0 aliphatic heterocycles. The van der Waals surface area contributed by atoms with Crippen LogP contribution in [0.5, 0.6) is 0 Å². The Hall–Kier alpha value is -1.84. The van der Waals surface area contributed by atoms with E-state index in [-0.39, 0.29) is 17.9 Å². The molecule has 0 aromatic heterocycles. The highest BCUT2D eigenvalue weighted by molar-refractivity contribution is 5.96. The Morgan fingerprint density at radius 2 is 1.95 bits per heavy atom. The second-order valence-electron chi connectivity index (χ2n) is 5.56. The van der Waals surface area contributed by atoms with Crippen LogP contribution in [0.15, 0.2) is 24.3 Å². The largest absolute Gasteiger partial charge is 0.322 e. The number of hydrogen-bond acceptors (Lipinski definition) is 2. The number of ketones is 1. The van der Waals surface area contributed by atoms with Gasteiger partial charge in [0.05, 0.1) is 0 Å². The zero-order valence-corrected chi connectivity index (χ0v) is 13.5. The van der Waals surface area contributed by atoms with Crippen LogP contribution in [-0.2, 0) is 0 Å². The Kier molecular flexibility index (Phi) is 6.92. The molecule has 1 aromatic rings. The van der Waals surface area contributed by atoms with Gasteiger partial charge in [-0.25, -0.2) is 4.79 Å². The minimum absolute atomic E-state index is 0.00485. The van der Waals surface area contributed by atoms with Crippen molar-refractivity contribution in [3.8, 4) is 0 Å². The summed E-state index contributed by atoms with van der Waals surface area (Å²) in [5.74, 6) is -0.00485. The minimum atomic E-state index is -0.109. The first-order valence-corrected chi connectivity index (χ1v) is 7.64. The van der Waals surface area contributed by atoms with Crippen molar-refractivity contribution in [2.45, 2.75) is 53.0 Å². The molecule has 21 heavy (non-hydrogen) atoms. The number of rotatable bonds is 7. The van der Waals surface area contributed by atoms with Crippen molar-refractivity contribution < 1.29 is 9.59 Å². The topological polar surface area (TPSA) is 49.4 Å². The van der Waals surface area contributed by atoms with Gasteiger partial charge in [-0.05, 0) is 39.3 Å². The number of amides is 2. The zero-order valence-electron chi connectivity index (χ0n) is 13.5. The summed E-state index contributed by atoms with van der Waals surface area (Å²) in [6.45, 7) is 8.44. The molecule has 0 saturated carbocycles. The van der Waals surface area contributed by atoms with E-state index in [1.165, 1.54) is 6.92 Å². The molecule has 1 rings (SSSR count). The molecule has 0 aliphatic carbocycles. The fraction of sp³-hybridized carbons (Fsp3) is 0.529. The van der Waals surface area contributed by atoms with Gasteiger partial charge in [0.2, 0.25) is 0 Å². The van der Waals surface area contributed by atoms with E-state index in [2.05, 4.69) is 12.2 Å². The Bertz CT molecular complexity index is 483. The molecular formula is C17H26N2O2. The number of carbonyl (C=O) groups excluding carboxylic acids is 2. The van der Waals surface area contributed by atoms with Crippen molar-refractivity contribution in [3.63, 3.8) is 0 Å². The van der Waals surface area contributed by atoms with Gasteiger partial charge in [0.25, 0.3) is 0 Å². The highest BCUT2D eigenvalue weighted by Crippen LogP contribution is 2.13. The average Bonchev–Trinajstić information content (AvgIpc) is 2.43. The van der Waals surface area contributed by atoms with Crippen molar-refractivity contribution in [1.82, 2.24) is 4.90 Å². The second-order valence-corrected chi connectivity index (χ2v) is 5.56. The van der Waals surface area contributed by atoms with Crippen LogP contribution in [-0.4, -0.2) is 29.3 Å². The summed E-state index contributed by atoms with van der Waals surface area (Å²) in [4.78, 5) is 25.6. The summed E-state index contributed by atoms with van der Waals surface area (Å²) < 4.78 is 0. The van der Waals surface area contributed by atoms with Crippen LogP contribution in [0.1, 0.15) is 57.3 Å². The number of benzene rings is 1. The molecule has 4 nitrogen and oxygen atoms in total. The molecule has 0 unspecified atom stereocenters. The lowest BCUT2D eigenvalue weighted by Gasteiger charge is -2.27. The molecule has 0 saturated heterocycles. The first-order chi connectivity index (χ1) is 9.95. The molecule has 0 fully saturated rings. The summed E-state index contributed by atoms with van der Waals surface area (Å²) in [7, 11) is 0. The summed E-state index contributed by atoms with van der Waals surface area (Å²) in [5.41, 5.74) is 1.27. The Morgan fingerprint density at radius 1 is 1.24 bits per heavy atom. The maximum Gasteiger partial charge on any atom is 0.322 e. The predicted molar refractivity (Wildman–Crippen MR) is 86.8 cm³/mol. The number of Topliss-reactive ketones (excluding diaryl/α,β-unsaturated/α-hetero) is 1. The van der Waals surface area contributed by atoms with Crippen molar-refractivity contribution in [2.24, 2.45) is 0 Å². The fourth-order valence-corrected chi connectivity index (χ4v) is 2.14. The van der Waals surface area contributed by atoms with Gasteiger partial charge in [-0.3, -0.25) is 4.79 Å². The molecule has 0 atom stereocenters. The van der Waals surface area contributed by atoms with Gasteiger partial charge in [-0.1, -0.05) is 31.9 Å². The van der Waals surface area contributed by atoms with Gasteiger partial charge >= 0.3 is 6.03 Å². The van der Waals surface area contributed by atoms with Gasteiger partial charge < -0.3 is 10.2 Å². The van der Waals surface area contributed by atoms with Crippen LogP contribution >= 0.6 is 0 Å². The summed E-state index contributed by atoms with van der Waals surface area (Å²) in [6, 6.07) is 7.09. The smallest absolute Gasteiger partial charge is 0.322 e. The van der Waals surface area contributed by atoms with E-state index in [0.717, 1.165) is 25.8 Å². The van der Waals surface area contributed by atoms with E-state index in [1.54, 1.807) is 24.3 Å². The Balaban J connectivity index is 2.72. The third-order valence-corrected chi connectivity index (χ3v) is 3.41. The molecule has 0 radical (unpaired) electrons. The predicted octanol–water partition coefficient (Wildman–Crippen LogP) is 4.32. The van der Waals surface area contributed by atoms with Crippen LogP contribution in [0.2, 0.25) is 0 Å². The quantitative estimate of drug-likeness (QED) is 0.600. The number of nitrogens with zero attached hydrogens (tertiary/aromatic N) is 1. The third-order valence-electron chi connectivity index (χ3n) is 3.41. The van der Waals surface area contributed by atoms with E-state index >= 15 is 0 Å². The van der Waals surface area contributed by atoms with E-state index in [0.29, 0.717) is 11.3 Å². The second kappa shape index (κ2) is 8.45. The lowest BCUT2D eigenvalue weighted by molar-refractivity contribution is 0.101. The van der Waals surface area contributed by atoms with Gasteiger partial charge in [0.15, 0.2) is 5.78 Å². The van der Waals surface area contributed by atoms with Gasteiger partial charge in [-0.15, -0.1) is 0 Å². The van der Waals surface area contributed by atoms with Crippen molar-refractivity contribution >= 4 is 17.5 Å². The van der Waals surface area contributed by atoms with E-state index < -0.39 is 0 Å². The first kappa shape index (κ1) is 17.2. The summed E-state index contributed by atoms with van der Waals surface area (Å²) in [5, 5.41) is 2.88. The monoisotopic (exact) mass is 290 g/mol. The average molecular weight is 290 g/mol. The van der Waals surface area contributed by atoms with E-state index in [9.17, 15) is 9.59 Å². The Labute approximate surface area is 127 Å². The molecule has 2 amide bonds. The standard InChI is InChI=1S/C17H26N2O2/c1-5-6-7-11-19(13(2)3)17(21)18-16-10-8-9-15(12-16)14(4)20/h8-10,12-13H,5-7,11H2,1-4H3,(H,18,21). The minimum Gasteiger partial charge on any atom is -0.322 e. The third kappa shape index (κ3) is 5.58. The normalized spacial score (nSPS) is 10.5. The molecular weight excluding hydrogens is 264 g/mol. The summed E-state index contributed by atoms with van der Waals surface area (Å²) >= 11 is 0. The molecule has 4 heteroatoms. The Morgan fingerprint density at radius 3 is 2.52 bits per heavy atom. The number of carbonyl (C=O) groups is 2. The fourth-order valence-electron chi connectivity index (χ4n) is 2.14. The maximum absolute atomic E-state index is 12.4. The molecule has 0 spiro atoms. The van der Waals surface area contributed by atoms with Gasteiger partial charge in [0.1, 0.15) is 0 Å². The number of hydrogen-bond donors (Lipinski definition) is 1. The van der Waals surface area contributed by atoms with Crippen molar-refractivity contribution in [3.05, 3.63) is 29.8 Å². The van der Waals surface area contributed by atoms with Crippen LogP contribution in [0.25, 0.3) is 0 Å². The number of unbranched alkanes of at least 4 members (excludes halogenated alkanes) is 2. The number of nitrogens with one attached hydrogen (secondary N) is 1. The van der Waals surface area contributed by atoms with Gasteiger partial charge in [0, 0.05) is 23.8 Å². The lowest BCUT2D eigenvalue weighted by atomic mass is 10.1. The zero-order chi connectivity index (χ0) is 15.8. The molecule has 0 bridgehead atoms. The first-order valence-electron chi connectivity index (χ1n) is 7.64. The molecule has 0 aliphatic rings. The SMILES string of the molecule is CCCCCN(C(=O)Nc1cccc(C(C)=O)c1)C(C)C. The molecule has 116 valence electrons. The van der Waals surface area contributed by atoms with Crippen LogP contribution in [0.4, 0.5) is 10.5 Å². The molecule has 1 aromatic carbocycles. The van der Waals surface area contributed by atoms with Crippen molar-refractivity contribution in [1.29, 1.82) is 0 Å². The lowest BCUT2D eigenvalue weighted by Crippen LogP contribution is -2.40. The summed E-state index contributed by atoms with van der Waals surface area (Å²) in [6.07, 6.45) is 3.26. The maximum atomic E-state index is 12.4. The van der Waals surface area contributed by atoms with Gasteiger partial charge in [-0.2, -0.15) is 0 Å². The highest BCUT2D eigenvalue weighted by atomic mass is 16.2. The number of urea groups is 1. The van der Waals surface area contributed by atoms with Crippen LogP contribution < -0.4 is 5.32 Å². The highest BCUT2D eigenvalue weighted by Gasteiger charge is 2.16. The number of anilines is 1. The molecule has 0 heterocycles. The van der Waals surface area contributed by atoms with E-state index in [4.69, 9.17) is 0 Å². The van der Waals surface area contributed by atoms with Crippen LogP contribution in [0.3, 0.4) is 0 Å². The van der Waals surface area contributed by atoms with Crippen molar-refractivity contribution in [2.75, 3.05) is 11.9 Å². The van der Waals surface area contributed by atoms with E-state index in [1.807, 2.05) is 18.7 Å². The van der Waals surface area contributed by atoms with Crippen LogP contribution in [0, 0.1) is 0 Å².